The van der Waals surface area contributed by atoms with Crippen molar-refractivity contribution in [1.29, 1.82) is 0 Å². The van der Waals surface area contributed by atoms with Crippen molar-refractivity contribution in [2.24, 2.45) is 0 Å². The van der Waals surface area contributed by atoms with E-state index in [0.29, 0.717) is 5.82 Å². The summed E-state index contributed by atoms with van der Waals surface area (Å²) < 4.78 is 0. The molecule has 1 aliphatic heterocycles. The summed E-state index contributed by atoms with van der Waals surface area (Å²) in [6.07, 6.45) is 0.541. The molecule has 0 bridgehead atoms. The largest absolute Gasteiger partial charge is 0.346 e. The fourth-order valence-corrected chi connectivity index (χ4v) is 1.82. The fraction of sp³-hybridized carbons (Fsp3) is 0.600. The molecule has 3 amide bonds. The highest BCUT2D eigenvalue weighted by atomic mass is 16.2. The molecule has 2 N–H and O–H groups in total. The van der Waals surface area contributed by atoms with Crippen LogP contribution in [0, 0.1) is 0 Å². The van der Waals surface area contributed by atoms with Gasteiger partial charge in [0.1, 0.15) is 0 Å². The lowest BCUT2D eigenvalue weighted by atomic mass is 10.3. The fourth-order valence-electron chi connectivity index (χ4n) is 1.82. The number of aromatic amines is 1. The van der Waals surface area contributed by atoms with E-state index in [9.17, 15) is 14.4 Å². The Bertz CT molecular complexity index is 469. The van der Waals surface area contributed by atoms with Crippen molar-refractivity contribution in [3.05, 3.63) is 5.82 Å². The van der Waals surface area contributed by atoms with E-state index in [1.807, 2.05) is 0 Å². The number of aromatic nitrogens is 4. The van der Waals surface area contributed by atoms with E-state index in [1.165, 1.54) is 0 Å². The Morgan fingerprint density at radius 2 is 2.11 bits per heavy atom. The third-order valence-electron chi connectivity index (χ3n) is 2.84. The van der Waals surface area contributed by atoms with E-state index in [2.05, 4.69) is 25.9 Å². The smallest absolute Gasteiger partial charge is 0.229 e. The summed E-state index contributed by atoms with van der Waals surface area (Å²) in [6, 6.07) is -0.378. The molecule has 1 saturated heterocycles. The normalized spacial score (nSPS) is 16.8. The van der Waals surface area contributed by atoms with E-state index in [1.54, 1.807) is 6.92 Å². The Morgan fingerprint density at radius 1 is 1.42 bits per heavy atom. The van der Waals surface area contributed by atoms with E-state index >= 15 is 0 Å². The van der Waals surface area contributed by atoms with Crippen LogP contribution in [0.3, 0.4) is 0 Å². The first-order valence-corrected chi connectivity index (χ1v) is 5.94. The van der Waals surface area contributed by atoms with Crippen molar-refractivity contribution in [3.63, 3.8) is 0 Å². The minimum Gasteiger partial charge on any atom is -0.346 e. The Balaban J connectivity index is 1.79. The molecule has 102 valence electrons. The number of tetrazole rings is 1. The van der Waals surface area contributed by atoms with Crippen LogP contribution < -0.4 is 5.32 Å². The van der Waals surface area contributed by atoms with Gasteiger partial charge in [-0.05, 0) is 6.92 Å². The maximum absolute atomic E-state index is 11.7. The van der Waals surface area contributed by atoms with Crippen molar-refractivity contribution < 1.29 is 14.4 Å². The third-order valence-corrected chi connectivity index (χ3v) is 2.84. The molecule has 1 aromatic rings. The molecule has 1 aliphatic rings. The molecule has 0 aliphatic carbocycles. The van der Waals surface area contributed by atoms with Gasteiger partial charge >= 0.3 is 0 Å². The zero-order valence-electron chi connectivity index (χ0n) is 10.4. The van der Waals surface area contributed by atoms with Crippen molar-refractivity contribution in [3.8, 4) is 0 Å². The molecular weight excluding hydrogens is 252 g/mol. The summed E-state index contributed by atoms with van der Waals surface area (Å²) in [6.45, 7) is 1.83. The average Bonchev–Trinajstić information content (AvgIpc) is 2.98. The van der Waals surface area contributed by atoms with Crippen molar-refractivity contribution in [1.82, 2.24) is 30.8 Å². The zero-order chi connectivity index (χ0) is 13.8. The summed E-state index contributed by atoms with van der Waals surface area (Å²) >= 11 is 0. The number of rotatable bonds is 5. The average molecular weight is 266 g/mol. The van der Waals surface area contributed by atoms with Gasteiger partial charge in [-0.3, -0.25) is 19.3 Å². The van der Waals surface area contributed by atoms with Crippen LogP contribution >= 0.6 is 0 Å². The second-order valence-electron chi connectivity index (χ2n) is 4.25. The van der Waals surface area contributed by atoms with Gasteiger partial charge < -0.3 is 5.32 Å². The predicted molar refractivity (Wildman–Crippen MR) is 61.3 cm³/mol. The van der Waals surface area contributed by atoms with Crippen LogP contribution in [0.25, 0.3) is 0 Å². The first kappa shape index (κ1) is 13.1. The second-order valence-corrected chi connectivity index (χ2v) is 4.25. The van der Waals surface area contributed by atoms with E-state index in [0.717, 1.165) is 4.90 Å². The number of carbonyl (C=O) groups is 3. The van der Waals surface area contributed by atoms with Gasteiger partial charge in [-0.1, -0.05) is 5.21 Å². The summed E-state index contributed by atoms with van der Waals surface area (Å²) in [5, 5.41) is 15.9. The molecule has 1 atom stereocenters. The highest BCUT2D eigenvalue weighted by Gasteiger charge is 2.28. The molecule has 0 spiro atoms. The van der Waals surface area contributed by atoms with Crippen LogP contribution in [0.4, 0.5) is 0 Å². The lowest BCUT2D eigenvalue weighted by molar-refractivity contribution is -0.138. The van der Waals surface area contributed by atoms with Gasteiger partial charge in [0.05, 0.1) is 6.04 Å². The molecule has 2 rings (SSSR count). The number of hydrogen-bond acceptors (Lipinski definition) is 6. The first-order chi connectivity index (χ1) is 9.08. The summed E-state index contributed by atoms with van der Waals surface area (Å²) in [5.41, 5.74) is 0. The standard InChI is InChI=1S/C10H14N6O3/c1-6(10-12-14-15-13-10)11-7(17)4-5-16-8(18)2-3-9(16)19/h6H,2-5H2,1H3,(H,11,17)(H,12,13,14,15). The summed E-state index contributed by atoms with van der Waals surface area (Å²) in [7, 11) is 0. The number of nitrogens with one attached hydrogen (secondary N) is 2. The summed E-state index contributed by atoms with van der Waals surface area (Å²) in [5.74, 6) is -0.334. The molecule has 1 aromatic heterocycles. The van der Waals surface area contributed by atoms with Gasteiger partial charge in [0, 0.05) is 25.8 Å². The molecule has 9 heteroatoms. The maximum Gasteiger partial charge on any atom is 0.229 e. The van der Waals surface area contributed by atoms with Crippen LogP contribution in [0.2, 0.25) is 0 Å². The van der Waals surface area contributed by atoms with Crippen LogP contribution in [-0.4, -0.2) is 49.8 Å². The molecule has 19 heavy (non-hydrogen) atoms. The van der Waals surface area contributed by atoms with Crippen LogP contribution in [0.15, 0.2) is 0 Å². The van der Waals surface area contributed by atoms with Gasteiger partial charge in [0.15, 0.2) is 5.82 Å². The van der Waals surface area contributed by atoms with Gasteiger partial charge in [-0.15, -0.1) is 10.2 Å². The second kappa shape index (κ2) is 5.55. The van der Waals surface area contributed by atoms with Crippen molar-refractivity contribution in [2.75, 3.05) is 6.54 Å². The number of likely N-dealkylation sites (tertiary alicyclic amines) is 1. The van der Waals surface area contributed by atoms with Crippen LogP contribution in [0.5, 0.6) is 0 Å². The molecular formula is C10H14N6O3. The predicted octanol–water partition coefficient (Wildman–Crippen LogP) is -1.08. The molecule has 0 aromatic carbocycles. The topological polar surface area (TPSA) is 121 Å². The van der Waals surface area contributed by atoms with Crippen molar-refractivity contribution >= 4 is 17.7 Å². The number of H-pyrrole nitrogens is 1. The molecule has 1 fully saturated rings. The highest BCUT2D eigenvalue weighted by Crippen LogP contribution is 2.12. The van der Waals surface area contributed by atoms with E-state index in [-0.39, 0.29) is 49.6 Å². The Labute approximate surface area is 108 Å². The van der Waals surface area contributed by atoms with E-state index in [4.69, 9.17) is 0 Å². The maximum atomic E-state index is 11.7. The monoisotopic (exact) mass is 266 g/mol. The van der Waals surface area contributed by atoms with Gasteiger partial charge in [0.25, 0.3) is 0 Å². The minimum atomic E-state index is -0.378. The minimum absolute atomic E-state index is 0.0691. The van der Waals surface area contributed by atoms with Crippen LogP contribution in [0.1, 0.15) is 38.1 Å². The number of imide groups is 1. The quantitative estimate of drug-likeness (QED) is 0.653. The lowest BCUT2D eigenvalue weighted by Crippen LogP contribution is -2.35. The Morgan fingerprint density at radius 3 is 2.68 bits per heavy atom. The SMILES string of the molecule is CC(NC(=O)CCN1C(=O)CCC1=O)c1nn[nH]n1. The van der Waals surface area contributed by atoms with Gasteiger partial charge in [0.2, 0.25) is 17.7 Å². The Kier molecular flexibility index (Phi) is 3.83. The van der Waals surface area contributed by atoms with E-state index < -0.39 is 0 Å². The first-order valence-electron chi connectivity index (χ1n) is 5.94. The number of hydrogen-bond donors (Lipinski definition) is 2. The molecule has 0 radical (unpaired) electrons. The third kappa shape index (κ3) is 3.12. The zero-order valence-corrected chi connectivity index (χ0v) is 10.4. The van der Waals surface area contributed by atoms with Crippen molar-refractivity contribution in [2.45, 2.75) is 32.2 Å². The molecule has 0 saturated carbocycles. The van der Waals surface area contributed by atoms with Crippen LogP contribution in [-0.2, 0) is 14.4 Å². The number of amides is 3. The van der Waals surface area contributed by atoms with Gasteiger partial charge in [-0.2, -0.15) is 5.21 Å². The van der Waals surface area contributed by atoms with Gasteiger partial charge in [-0.25, -0.2) is 0 Å². The molecule has 9 nitrogen and oxygen atoms in total. The molecule has 2 heterocycles. The Hall–Kier alpha value is -2.32. The highest BCUT2D eigenvalue weighted by molar-refractivity contribution is 6.02. The summed E-state index contributed by atoms with van der Waals surface area (Å²) in [4.78, 5) is 35.5. The lowest BCUT2D eigenvalue weighted by Gasteiger charge is -2.14. The number of nitrogens with zero attached hydrogens (tertiary/aromatic N) is 4. The number of carbonyl (C=O) groups excluding carboxylic acids is 3. The molecule has 1 unspecified atom stereocenters.